The molecule has 0 aliphatic heterocycles. The normalized spacial score (nSPS) is 10.3. The molecule has 0 unspecified atom stereocenters. The van der Waals surface area contributed by atoms with Gasteiger partial charge in [-0.15, -0.1) is 0 Å². The summed E-state index contributed by atoms with van der Waals surface area (Å²) in [5, 5.41) is 4.22. The number of hydrazone groups is 1. The molecule has 1 aromatic carbocycles. The minimum absolute atomic E-state index is 0.455. The van der Waals surface area contributed by atoms with Gasteiger partial charge in [0.05, 0.1) is 6.21 Å². The molecule has 0 aromatic heterocycles. The summed E-state index contributed by atoms with van der Waals surface area (Å²) < 4.78 is 0. The lowest BCUT2D eigenvalue weighted by Crippen LogP contribution is -2.12. The van der Waals surface area contributed by atoms with E-state index in [4.69, 9.17) is 11.6 Å². The van der Waals surface area contributed by atoms with E-state index in [0.717, 1.165) is 5.56 Å². The van der Waals surface area contributed by atoms with Crippen molar-refractivity contribution in [2.24, 2.45) is 5.10 Å². The zero-order valence-electron chi connectivity index (χ0n) is 6.83. The van der Waals surface area contributed by atoms with E-state index >= 15 is 0 Å². The highest BCUT2D eigenvalue weighted by molar-refractivity contribution is 6.33. The average molecular weight is 196 g/mol. The Labute approximate surface area is 81.4 Å². The highest BCUT2D eigenvalue weighted by Crippen LogP contribution is 2.11. The fraction of sp³-hybridized carbons (Fsp3) is 0. The topological polar surface area (TPSA) is 41.5 Å². The maximum Gasteiger partial charge on any atom is 0.240 e. The monoisotopic (exact) mass is 195 g/mol. The standard InChI is InChI=1S/C9H8ClN2O/c1-7(13)12-11-6-8-4-2-3-5-9(8)10/h2-6H,1H2,(H,12,13). The number of rotatable bonds is 2. The number of nitrogens with zero attached hydrogens (tertiary/aromatic N) is 1. The van der Waals surface area contributed by atoms with Gasteiger partial charge in [-0.2, -0.15) is 5.10 Å². The molecule has 13 heavy (non-hydrogen) atoms. The Morgan fingerprint density at radius 2 is 2.23 bits per heavy atom. The van der Waals surface area contributed by atoms with Crippen molar-refractivity contribution in [2.45, 2.75) is 0 Å². The predicted molar refractivity (Wildman–Crippen MR) is 52.5 cm³/mol. The number of hydrogen-bond acceptors (Lipinski definition) is 2. The van der Waals surface area contributed by atoms with Crippen LogP contribution in [0.1, 0.15) is 5.56 Å². The van der Waals surface area contributed by atoms with Crippen molar-refractivity contribution in [3.8, 4) is 0 Å². The fourth-order valence-electron chi connectivity index (χ4n) is 0.754. The summed E-state index contributed by atoms with van der Waals surface area (Å²) in [4.78, 5) is 10.3. The van der Waals surface area contributed by atoms with Crippen LogP contribution in [0.2, 0.25) is 5.02 Å². The number of benzene rings is 1. The maximum atomic E-state index is 10.3. The van der Waals surface area contributed by atoms with Gasteiger partial charge in [0, 0.05) is 17.5 Å². The highest BCUT2D eigenvalue weighted by atomic mass is 35.5. The molecule has 0 fully saturated rings. The Bertz CT molecular complexity index is 336. The van der Waals surface area contributed by atoms with Crippen molar-refractivity contribution in [1.29, 1.82) is 0 Å². The highest BCUT2D eigenvalue weighted by Gasteiger charge is 1.93. The molecule has 0 heterocycles. The van der Waals surface area contributed by atoms with E-state index in [0.29, 0.717) is 5.02 Å². The Kier molecular flexibility index (Phi) is 3.46. The SMILES string of the molecule is [CH2]C(=O)NN=Cc1ccccc1Cl. The quantitative estimate of drug-likeness (QED) is 0.566. The Balaban J connectivity index is 2.68. The predicted octanol–water partition coefficient (Wildman–Crippen LogP) is 1.62. The molecule has 0 aliphatic carbocycles. The largest absolute Gasteiger partial charge is 0.273 e. The zero-order chi connectivity index (χ0) is 9.68. The van der Waals surface area contributed by atoms with E-state index in [-0.39, 0.29) is 0 Å². The van der Waals surface area contributed by atoms with Crippen LogP contribution in [-0.2, 0) is 4.79 Å². The molecule has 3 nitrogen and oxygen atoms in total. The molecule has 0 aliphatic rings. The molecule has 0 bridgehead atoms. The third-order valence-electron chi connectivity index (χ3n) is 1.30. The third-order valence-corrected chi connectivity index (χ3v) is 1.64. The fourth-order valence-corrected chi connectivity index (χ4v) is 0.938. The molecule has 67 valence electrons. The van der Waals surface area contributed by atoms with Gasteiger partial charge >= 0.3 is 0 Å². The molecule has 0 saturated carbocycles. The smallest absolute Gasteiger partial charge is 0.240 e. The van der Waals surface area contributed by atoms with Crippen LogP contribution in [-0.4, -0.2) is 12.1 Å². The number of nitrogens with one attached hydrogen (secondary N) is 1. The molecule has 1 N–H and O–H groups in total. The summed E-state index contributed by atoms with van der Waals surface area (Å²) in [6.07, 6.45) is 1.46. The Hall–Kier alpha value is -1.35. The van der Waals surface area contributed by atoms with Gasteiger partial charge < -0.3 is 0 Å². The van der Waals surface area contributed by atoms with Gasteiger partial charge in [0.2, 0.25) is 5.91 Å². The van der Waals surface area contributed by atoms with Crippen molar-refractivity contribution >= 4 is 23.7 Å². The number of carbonyl (C=O) groups is 1. The van der Waals surface area contributed by atoms with Gasteiger partial charge in [0.1, 0.15) is 0 Å². The molecule has 0 saturated heterocycles. The number of hydrogen-bond donors (Lipinski definition) is 1. The van der Waals surface area contributed by atoms with Gasteiger partial charge in [-0.1, -0.05) is 29.8 Å². The van der Waals surface area contributed by atoms with Gasteiger partial charge in [-0.3, -0.25) is 4.79 Å². The summed E-state index contributed by atoms with van der Waals surface area (Å²) in [6.45, 7) is 3.10. The van der Waals surface area contributed by atoms with E-state index in [1.54, 1.807) is 12.1 Å². The average Bonchev–Trinajstić information content (AvgIpc) is 2.08. The van der Waals surface area contributed by atoms with Crippen LogP contribution in [0.25, 0.3) is 0 Å². The van der Waals surface area contributed by atoms with Crippen molar-refractivity contribution < 1.29 is 4.79 Å². The first kappa shape index (κ1) is 9.74. The lowest BCUT2D eigenvalue weighted by atomic mass is 10.2. The van der Waals surface area contributed by atoms with Crippen LogP contribution < -0.4 is 5.43 Å². The van der Waals surface area contributed by atoms with Crippen LogP contribution in [0.4, 0.5) is 0 Å². The third kappa shape index (κ3) is 3.25. The van der Waals surface area contributed by atoms with Gasteiger partial charge in [0.25, 0.3) is 0 Å². The maximum absolute atomic E-state index is 10.3. The Morgan fingerprint density at radius 1 is 1.54 bits per heavy atom. The van der Waals surface area contributed by atoms with E-state index in [1.165, 1.54) is 6.21 Å². The summed E-state index contributed by atoms with van der Waals surface area (Å²) in [5.41, 5.74) is 2.93. The molecule has 0 atom stereocenters. The van der Waals surface area contributed by atoms with Crippen LogP contribution >= 0.6 is 11.6 Å². The molecule has 1 radical (unpaired) electrons. The summed E-state index contributed by atoms with van der Waals surface area (Å²) >= 11 is 5.82. The summed E-state index contributed by atoms with van der Waals surface area (Å²) in [6, 6.07) is 7.19. The van der Waals surface area contributed by atoms with Gasteiger partial charge in [-0.05, 0) is 6.07 Å². The van der Waals surface area contributed by atoms with Crippen molar-refractivity contribution in [3.63, 3.8) is 0 Å². The molecule has 1 rings (SSSR count). The first-order valence-electron chi connectivity index (χ1n) is 3.59. The number of carbonyl (C=O) groups excluding carboxylic acids is 1. The van der Waals surface area contributed by atoms with E-state index < -0.39 is 5.91 Å². The van der Waals surface area contributed by atoms with Crippen molar-refractivity contribution in [1.82, 2.24) is 5.43 Å². The Morgan fingerprint density at radius 3 is 2.85 bits per heavy atom. The van der Waals surface area contributed by atoms with Gasteiger partial charge in [-0.25, -0.2) is 5.43 Å². The second-order valence-corrected chi connectivity index (χ2v) is 2.72. The minimum Gasteiger partial charge on any atom is -0.273 e. The van der Waals surface area contributed by atoms with Crippen LogP contribution in [0.3, 0.4) is 0 Å². The zero-order valence-corrected chi connectivity index (χ0v) is 7.58. The first-order chi connectivity index (χ1) is 6.20. The molecular weight excluding hydrogens is 188 g/mol. The van der Waals surface area contributed by atoms with Crippen LogP contribution in [0.15, 0.2) is 29.4 Å². The van der Waals surface area contributed by atoms with E-state index in [1.807, 2.05) is 12.1 Å². The molecule has 4 heteroatoms. The van der Waals surface area contributed by atoms with E-state index in [9.17, 15) is 4.79 Å². The molecular formula is C9H8ClN2O. The minimum atomic E-state index is -0.455. The van der Waals surface area contributed by atoms with Crippen molar-refractivity contribution in [3.05, 3.63) is 41.8 Å². The van der Waals surface area contributed by atoms with Crippen LogP contribution in [0, 0.1) is 6.92 Å². The molecule has 0 spiro atoms. The number of amides is 1. The first-order valence-corrected chi connectivity index (χ1v) is 3.97. The lowest BCUT2D eigenvalue weighted by molar-refractivity contribution is -0.116. The van der Waals surface area contributed by atoms with Crippen LogP contribution in [0.5, 0.6) is 0 Å². The second kappa shape index (κ2) is 4.62. The lowest BCUT2D eigenvalue weighted by Gasteiger charge is -1.95. The van der Waals surface area contributed by atoms with E-state index in [2.05, 4.69) is 17.5 Å². The summed E-state index contributed by atoms with van der Waals surface area (Å²) in [7, 11) is 0. The molecule has 1 amide bonds. The summed E-state index contributed by atoms with van der Waals surface area (Å²) in [5.74, 6) is -0.455. The molecule has 1 aromatic rings. The van der Waals surface area contributed by atoms with Crippen molar-refractivity contribution in [2.75, 3.05) is 0 Å². The second-order valence-electron chi connectivity index (χ2n) is 2.31. The van der Waals surface area contributed by atoms with Gasteiger partial charge in [0.15, 0.2) is 0 Å². The number of halogens is 1.